The molecule has 169 valence electrons. The van der Waals surface area contributed by atoms with Crippen LogP contribution in [0.2, 0.25) is 0 Å². The van der Waals surface area contributed by atoms with E-state index in [2.05, 4.69) is 16.0 Å². The van der Waals surface area contributed by atoms with Crippen LogP contribution in [0.1, 0.15) is 45.7 Å². The summed E-state index contributed by atoms with van der Waals surface area (Å²) in [6.07, 6.45) is 1.43. The quantitative estimate of drug-likeness (QED) is 0.395. The van der Waals surface area contributed by atoms with Crippen molar-refractivity contribution in [2.24, 2.45) is 0 Å². The average Bonchev–Trinajstić information content (AvgIpc) is 2.68. The van der Waals surface area contributed by atoms with Crippen LogP contribution in [0.5, 0.6) is 0 Å². The summed E-state index contributed by atoms with van der Waals surface area (Å²) in [6.45, 7) is 7.38. The molecule has 0 amide bonds. The van der Waals surface area contributed by atoms with Crippen molar-refractivity contribution < 1.29 is 39.1 Å². The Morgan fingerprint density at radius 3 is 1.90 bits per heavy atom. The van der Waals surface area contributed by atoms with Gasteiger partial charge in [-0.15, -0.1) is 29.8 Å². The van der Waals surface area contributed by atoms with Gasteiger partial charge in [0.05, 0.1) is 23.6 Å². The zero-order valence-corrected chi connectivity index (χ0v) is 20.3. The molecule has 0 saturated heterocycles. The van der Waals surface area contributed by atoms with E-state index in [0.717, 1.165) is 11.3 Å². The fourth-order valence-electron chi connectivity index (χ4n) is 2.73. The molecule has 1 radical (unpaired) electrons. The van der Waals surface area contributed by atoms with Gasteiger partial charge in [-0.25, -0.2) is 4.39 Å². The predicted molar refractivity (Wildman–Crippen MR) is 114 cm³/mol. The maximum absolute atomic E-state index is 13.2. The second kappa shape index (κ2) is 12.7. The molecule has 2 aromatic carbocycles. The molecular weight excluding hydrogens is 578 g/mol. The van der Waals surface area contributed by atoms with Gasteiger partial charge in [-0.05, 0) is 43.9 Å². The van der Waals surface area contributed by atoms with Gasteiger partial charge in [0.2, 0.25) is 0 Å². The maximum atomic E-state index is 13.2. The van der Waals surface area contributed by atoms with E-state index in [1.807, 2.05) is 13.8 Å². The van der Waals surface area contributed by atoms with E-state index in [1.54, 1.807) is 38.2 Å². The number of hydrogen-bond acceptors (Lipinski definition) is 4. The van der Waals surface area contributed by atoms with Gasteiger partial charge in [0.15, 0.2) is 0 Å². The largest absolute Gasteiger partial charge is 0.393 e. The van der Waals surface area contributed by atoms with Crippen LogP contribution < -0.4 is 0 Å². The van der Waals surface area contributed by atoms with Gasteiger partial charge in [-0.1, -0.05) is 26.0 Å². The van der Waals surface area contributed by atoms with E-state index < -0.39 is 0 Å². The molecule has 1 aromatic heterocycles. The fourth-order valence-corrected chi connectivity index (χ4v) is 2.73. The number of nitrogens with zero attached hydrogens (tertiary/aromatic N) is 2. The summed E-state index contributed by atoms with van der Waals surface area (Å²) in [4.78, 5) is 9.16. The summed E-state index contributed by atoms with van der Waals surface area (Å²) in [7, 11) is 0. The molecule has 7 heteroatoms. The first-order valence-electron chi connectivity index (χ1n) is 9.84. The number of halogens is 2. The van der Waals surface area contributed by atoms with Crippen LogP contribution in [0, 0.1) is 17.7 Å². The summed E-state index contributed by atoms with van der Waals surface area (Å²) in [6, 6.07) is 13.2. The van der Waals surface area contributed by atoms with Crippen LogP contribution in [0.15, 0.2) is 48.7 Å². The first kappa shape index (κ1) is 27.0. The van der Waals surface area contributed by atoms with Gasteiger partial charge in [0.1, 0.15) is 5.82 Å². The molecule has 4 nitrogen and oxygen atoms in total. The van der Waals surface area contributed by atoms with Gasteiger partial charge >= 0.3 is 0 Å². The van der Waals surface area contributed by atoms with Crippen molar-refractivity contribution in [1.29, 1.82) is 0 Å². The van der Waals surface area contributed by atoms with E-state index in [0.29, 0.717) is 23.4 Å². The molecule has 31 heavy (non-hydrogen) atoms. The summed E-state index contributed by atoms with van der Waals surface area (Å²) < 4.78 is 26.3. The van der Waals surface area contributed by atoms with Crippen LogP contribution in [0.4, 0.5) is 8.78 Å². The summed E-state index contributed by atoms with van der Waals surface area (Å²) in [5.41, 5.74) is 3.48. The Balaban J connectivity index is 0.000000523. The second-order valence-electron chi connectivity index (χ2n) is 7.51. The molecule has 2 N–H and O–H groups in total. The molecule has 0 aliphatic carbocycles. The SMILES string of the molecule is CC(C)c1cnc(-c2[c-]cc(F)cc2)c(-c2ccc(F)cc2)n1.CC(O)CC(C)O.[Ir]. The monoisotopic (exact) mass is 606 g/mol. The van der Waals surface area contributed by atoms with Crippen molar-refractivity contribution >= 4 is 0 Å². The Hall–Kier alpha value is -2.05. The van der Waals surface area contributed by atoms with Crippen molar-refractivity contribution in [2.45, 2.75) is 52.2 Å². The number of benzene rings is 2. The first-order valence-corrected chi connectivity index (χ1v) is 9.84. The number of aliphatic hydroxyl groups excluding tert-OH is 2. The first-order chi connectivity index (χ1) is 14.2. The Kier molecular flexibility index (Phi) is 11.1. The van der Waals surface area contributed by atoms with Crippen molar-refractivity contribution in [3.8, 4) is 22.5 Å². The molecule has 2 atom stereocenters. The van der Waals surface area contributed by atoms with Crippen LogP contribution in [0.25, 0.3) is 22.5 Å². The van der Waals surface area contributed by atoms with E-state index in [9.17, 15) is 8.78 Å². The van der Waals surface area contributed by atoms with Crippen LogP contribution >= 0.6 is 0 Å². The smallest absolute Gasteiger partial charge is 0.123 e. The zero-order valence-electron chi connectivity index (χ0n) is 17.9. The van der Waals surface area contributed by atoms with Crippen molar-refractivity contribution in [2.75, 3.05) is 0 Å². The van der Waals surface area contributed by atoms with Crippen molar-refractivity contribution in [1.82, 2.24) is 9.97 Å². The number of aliphatic hydroxyl groups is 2. The van der Waals surface area contributed by atoms with E-state index >= 15 is 0 Å². The standard InChI is InChI=1S/C19H15F2N2.C5H12O2.Ir/c1-12(2)17-11-22-18(13-3-7-15(20)8-4-13)19(23-17)14-5-9-16(21)10-6-14;1-4(6)3-5(2)7;/h3,5-12H,1-2H3;4-7H,3H2,1-2H3;/q-1;;. The molecule has 0 bridgehead atoms. The summed E-state index contributed by atoms with van der Waals surface area (Å²) in [5, 5.41) is 17.1. The van der Waals surface area contributed by atoms with E-state index in [4.69, 9.17) is 10.2 Å². The predicted octanol–water partition coefficient (Wildman–Crippen LogP) is 5.15. The minimum absolute atomic E-state index is 0. The average molecular weight is 606 g/mol. The van der Waals surface area contributed by atoms with Gasteiger partial charge in [0, 0.05) is 37.8 Å². The molecule has 3 rings (SSSR count). The molecule has 0 fully saturated rings. The number of rotatable bonds is 5. The Morgan fingerprint density at radius 2 is 1.45 bits per heavy atom. The molecule has 1 heterocycles. The topological polar surface area (TPSA) is 66.2 Å². The Bertz CT molecular complexity index is 925. The maximum Gasteiger partial charge on any atom is 0.123 e. The molecular formula is C24H27F2IrN2O2-. The fraction of sp³-hybridized carbons (Fsp3) is 0.333. The van der Waals surface area contributed by atoms with Crippen LogP contribution in [-0.2, 0) is 20.1 Å². The third-order valence-corrected chi connectivity index (χ3v) is 4.21. The Morgan fingerprint density at radius 1 is 0.871 bits per heavy atom. The molecule has 0 saturated carbocycles. The van der Waals surface area contributed by atoms with E-state index in [-0.39, 0.29) is 49.9 Å². The molecule has 0 spiro atoms. The van der Waals surface area contributed by atoms with Gasteiger partial charge in [0.25, 0.3) is 0 Å². The van der Waals surface area contributed by atoms with Gasteiger partial charge in [-0.3, -0.25) is 9.37 Å². The second-order valence-corrected chi connectivity index (χ2v) is 7.51. The minimum Gasteiger partial charge on any atom is -0.393 e. The number of aromatic nitrogens is 2. The molecule has 0 aliphatic heterocycles. The summed E-state index contributed by atoms with van der Waals surface area (Å²) in [5.74, 6) is -0.451. The normalized spacial score (nSPS) is 12.4. The van der Waals surface area contributed by atoms with E-state index in [1.165, 1.54) is 24.3 Å². The third-order valence-electron chi connectivity index (χ3n) is 4.21. The third kappa shape index (κ3) is 8.54. The Labute approximate surface area is 195 Å². The minimum atomic E-state index is -0.375. The van der Waals surface area contributed by atoms with Crippen molar-refractivity contribution in [3.05, 3.63) is 72.1 Å². The van der Waals surface area contributed by atoms with Crippen molar-refractivity contribution in [3.63, 3.8) is 0 Å². The number of hydrogen-bond donors (Lipinski definition) is 2. The van der Waals surface area contributed by atoms with Crippen LogP contribution in [-0.4, -0.2) is 32.4 Å². The summed E-state index contributed by atoms with van der Waals surface area (Å²) >= 11 is 0. The zero-order chi connectivity index (χ0) is 22.3. The van der Waals surface area contributed by atoms with Crippen LogP contribution in [0.3, 0.4) is 0 Å². The van der Waals surface area contributed by atoms with Gasteiger partial charge < -0.3 is 15.2 Å². The van der Waals surface area contributed by atoms with Gasteiger partial charge in [-0.2, -0.15) is 0 Å². The molecule has 0 aliphatic rings. The molecule has 3 aromatic rings. The molecule has 2 unspecified atom stereocenters.